The van der Waals surface area contributed by atoms with Gasteiger partial charge < -0.3 is 19.6 Å². The van der Waals surface area contributed by atoms with Gasteiger partial charge in [0, 0.05) is 42.6 Å². The van der Waals surface area contributed by atoms with Crippen molar-refractivity contribution in [3.05, 3.63) is 34.9 Å². The minimum Gasteiger partial charge on any atom is -0.378 e. The number of ether oxygens (including phenoxy) is 1. The monoisotopic (exact) mass is 459 g/mol. The maximum absolute atomic E-state index is 14.7. The molecule has 1 aromatic rings. The van der Waals surface area contributed by atoms with Crippen LogP contribution >= 0.6 is 11.8 Å². The number of carbonyl (C=O) groups is 1. The molecule has 0 aliphatic carbocycles. The van der Waals surface area contributed by atoms with E-state index in [0.717, 1.165) is 0 Å². The number of aliphatic hydroxyl groups excluding tert-OH is 1. The van der Waals surface area contributed by atoms with Gasteiger partial charge in [-0.05, 0) is 6.07 Å². The third-order valence-corrected chi connectivity index (χ3v) is 6.86. The Labute approximate surface area is 190 Å². The second-order valence-corrected chi connectivity index (χ2v) is 10.0. The molecule has 1 amide bonds. The van der Waals surface area contributed by atoms with E-state index in [0.29, 0.717) is 48.5 Å². The molecule has 0 saturated carbocycles. The van der Waals surface area contributed by atoms with Crippen LogP contribution in [0.4, 0.5) is 4.39 Å². The summed E-state index contributed by atoms with van der Waals surface area (Å²) in [7, 11) is 0. The van der Waals surface area contributed by atoms with E-state index in [9.17, 15) is 19.6 Å². The van der Waals surface area contributed by atoms with Crippen LogP contribution in [0.15, 0.2) is 22.8 Å². The molecule has 0 spiro atoms. The first-order chi connectivity index (χ1) is 15.2. The lowest BCUT2D eigenvalue weighted by Crippen LogP contribution is -2.53. The van der Waals surface area contributed by atoms with Crippen molar-refractivity contribution in [2.45, 2.75) is 32.4 Å². The zero-order valence-corrected chi connectivity index (χ0v) is 19.2. The second kappa shape index (κ2) is 8.81. The fraction of sp³-hybridized carbons (Fsp3) is 0.545. The number of amides is 1. The van der Waals surface area contributed by atoms with Crippen molar-refractivity contribution in [2.75, 3.05) is 38.6 Å². The number of aromatic nitrogens is 1. The summed E-state index contributed by atoms with van der Waals surface area (Å²) in [6.07, 6.45) is 0.224. The summed E-state index contributed by atoms with van der Waals surface area (Å²) in [6, 6.07) is 3.33. The molecule has 3 aliphatic rings. The molecular weight excluding hydrogens is 433 g/mol. The summed E-state index contributed by atoms with van der Waals surface area (Å²) >= 11 is 1.35. The van der Waals surface area contributed by atoms with Crippen molar-refractivity contribution in [1.82, 2.24) is 14.8 Å². The molecule has 2 unspecified atom stereocenters. The number of nitrogens with zero attached hydrogens (tertiary/aromatic N) is 5. The number of fused-ring (bicyclic) bond motifs is 1. The molecular formula is C22H26FN5O3S. The second-order valence-electron chi connectivity index (χ2n) is 9.04. The number of hydrogen-bond acceptors (Lipinski definition) is 8. The van der Waals surface area contributed by atoms with E-state index in [4.69, 9.17) is 4.74 Å². The van der Waals surface area contributed by atoms with Gasteiger partial charge in [-0.2, -0.15) is 5.26 Å². The molecule has 32 heavy (non-hydrogen) atoms. The van der Waals surface area contributed by atoms with Crippen LogP contribution in [0.25, 0.3) is 5.70 Å². The number of carbonyl (C=O) groups excluding carboxylic acids is 1. The van der Waals surface area contributed by atoms with E-state index >= 15 is 0 Å². The largest absolute Gasteiger partial charge is 0.378 e. The van der Waals surface area contributed by atoms with Gasteiger partial charge in [-0.3, -0.25) is 9.78 Å². The predicted molar refractivity (Wildman–Crippen MR) is 119 cm³/mol. The molecule has 2 fully saturated rings. The number of hydrogen-bond donors (Lipinski definition) is 1. The molecule has 2 saturated heterocycles. The molecule has 8 nitrogen and oxygen atoms in total. The number of nitriles is 1. The Morgan fingerprint density at radius 3 is 2.72 bits per heavy atom. The van der Waals surface area contributed by atoms with Crippen LogP contribution in [0.3, 0.4) is 0 Å². The van der Waals surface area contributed by atoms with Crippen molar-refractivity contribution in [2.24, 2.45) is 10.9 Å². The molecule has 4 heterocycles. The van der Waals surface area contributed by atoms with Crippen LogP contribution in [-0.4, -0.2) is 75.8 Å². The summed E-state index contributed by atoms with van der Waals surface area (Å²) in [5.41, 5.74) is 0.417. The highest BCUT2D eigenvalue weighted by molar-refractivity contribution is 8.13. The Morgan fingerprint density at radius 2 is 2.09 bits per heavy atom. The molecule has 10 heteroatoms. The topological polar surface area (TPSA) is 102 Å². The zero-order valence-electron chi connectivity index (χ0n) is 18.3. The molecule has 3 aliphatic heterocycles. The number of halogens is 1. The first-order valence-corrected chi connectivity index (χ1v) is 11.5. The summed E-state index contributed by atoms with van der Waals surface area (Å²) in [6.45, 7) is 8.02. The van der Waals surface area contributed by atoms with Crippen molar-refractivity contribution in [1.29, 1.82) is 5.26 Å². The minimum atomic E-state index is -1.26. The Kier molecular flexibility index (Phi) is 6.25. The van der Waals surface area contributed by atoms with Crippen LogP contribution in [0.1, 0.15) is 32.0 Å². The lowest BCUT2D eigenvalue weighted by molar-refractivity contribution is -0.139. The normalized spacial score (nSPS) is 24.1. The van der Waals surface area contributed by atoms with E-state index in [2.05, 4.69) is 9.98 Å². The van der Waals surface area contributed by atoms with Crippen LogP contribution in [0.5, 0.6) is 0 Å². The predicted octanol–water partition coefficient (Wildman–Crippen LogP) is 1.96. The van der Waals surface area contributed by atoms with Crippen molar-refractivity contribution >= 4 is 28.5 Å². The van der Waals surface area contributed by atoms with Crippen LogP contribution < -0.4 is 0 Å². The van der Waals surface area contributed by atoms with Gasteiger partial charge in [0.15, 0.2) is 11.4 Å². The Balaban J connectivity index is 1.60. The Bertz CT molecular complexity index is 1020. The van der Waals surface area contributed by atoms with Crippen LogP contribution in [-0.2, 0) is 14.9 Å². The Morgan fingerprint density at radius 1 is 1.38 bits per heavy atom. The van der Waals surface area contributed by atoms with E-state index < -0.39 is 17.5 Å². The number of aliphatic hydroxyl groups is 1. The summed E-state index contributed by atoms with van der Waals surface area (Å²) in [5, 5.41) is 21.2. The molecule has 1 N–H and O–H groups in total. The summed E-state index contributed by atoms with van der Waals surface area (Å²) < 4.78 is 20.0. The summed E-state index contributed by atoms with van der Waals surface area (Å²) in [4.78, 5) is 25.1. The third kappa shape index (κ3) is 4.25. The number of pyridine rings is 1. The standard InChI is InChI=1S/C22H26FN5O3S/c1-22(2,3)18-16(23)8-13(10-25-18)17-15(9-24)20(30)28-11-14(12-32-21(28)26-17)19(29)27-4-6-31-7-5-27/h8,10,14,20,30H,4-7,11-12H2,1-3H3. The molecule has 0 bridgehead atoms. The van der Waals surface area contributed by atoms with Gasteiger partial charge in [-0.15, -0.1) is 0 Å². The first-order valence-electron chi connectivity index (χ1n) is 10.5. The fourth-order valence-corrected chi connectivity index (χ4v) is 5.10. The molecule has 0 radical (unpaired) electrons. The van der Waals surface area contributed by atoms with E-state index in [1.54, 1.807) is 9.80 Å². The lowest BCUT2D eigenvalue weighted by Gasteiger charge is -2.41. The van der Waals surface area contributed by atoms with Crippen LogP contribution in [0.2, 0.25) is 0 Å². The number of aliphatic imine (C=N–C) groups is 1. The Hall–Kier alpha value is -2.48. The van der Waals surface area contributed by atoms with Gasteiger partial charge in [0.05, 0.1) is 30.5 Å². The van der Waals surface area contributed by atoms with Gasteiger partial charge in [-0.1, -0.05) is 32.5 Å². The maximum Gasteiger partial charge on any atom is 0.228 e. The molecule has 2 atom stereocenters. The van der Waals surface area contributed by atoms with Crippen molar-refractivity contribution in [3.63, 3.8) is 0 Å². The number of morpholine rings is 1. The van der Waals surface area contributed by atoms with Gasteiger partial charge in [0.2, 0.25) is 5.91 Å². The lowest BCUT2D eigenvalue weighted by atomic mass is 9.90. The van der Waals surface area contributed by atoms with Crippen LogP contribution in [0, 0.1) is 23.1 Å². The molecule has 1 aromatic heterocycles. The number of thioether (sulfide) groups is 1. The van der Waals surface area contributed by atoms with Crippen molar-refractivity contribution in [3.8, 4) is 6.07 Å². The number of amidine groups is 1. The van der Waals surface area contributed by atoms with Gasteiger partial charge in [-0.25, -0.2) is 9.38 Å². The molecule has 0 aromatic carbocycles. The van der Waals surface area contributed by atoms with E-state index in [1.165, 1.54) is 24.0 Å². The zero-order chi connectivity index (χ0) is 23.0. The van der Waals surface area contributed by atoms with E-state index in [1.807, 2.05) is 26.8 Å². The van der Waals surface area contributed by atoms with Crippen molar-refractivity contribution < 1.29 is 19.0 Å². The van der Waals surface area contributed by atoms with E-state index in [-0.39, 0.29) is 29.6 Å². The highest BCUT2D eigenvalue weighted by Gasteiger charge is 2.40. The smallest absolute Gasteiger partial charge is 0.228 e. The SMILES string of the molecule is CC(C)(C)c1ncc(C2=C(C#N)C(O)N3CC(C(=O)N4CCOCC4)CSC3=N2)cc1F. The quantitative estimate of drug-likeness (QED) is 0.721. The molecule has 4 rings (SSSR count). The highest BCUT2D eigenvalue weighted by Crippen LogP contribution is 2.36. The minimum absolute atomic E-state index is 0.0125. The first kappa shape index (κ1) is 22.7. The maximum atomic E-state index is 14.7. The average molecular weight is 460 g/mol. The molecule has 170 valence electrons. The average Bonchev–Trinajstić information content (AvgIpc) is 2.78. The van der Waals surface area contributed by atoms with Gasteiger partial charge in [0.25, 0.3) is 0 Å². The highest BCUT2D eigenvalue weighted by atomic mass is 32.2. The third-order valence-electron chi connectivity index (χ3n) is 5.71. The summed E-state index contributed by atoms with van der Waals surface area (Å²) in [5.74, 6) is -0.268. The van der Waals surface area contributed by atoms with Gasteiger partial charge >= 0.3 is 0 Å². The number of rotatable bonds is 2. The van der Waals surface area contributed by atoms with Gasteiger partial charge in [0.1, 0.15) is 17.5 Å². The fourth-order valence-electron chi connectivity index (χ4n) is 4.00.